The minimum Gasteiger partial charge on any atom is -0.487 e. The highest BCUT2D eigenvalue weighted by Crippen LogP contribution is 2.56. The molecule has 0 saturated heterocycles. The molecule has 2 atom stereocenters. The number of hydrogen-bond acceptors (Lipinski definition) is 7. The van der Waals surface area contributed by atoms with Crippen molar-refractivity contribution in [3.05, 3.63) is 53.1 Å². The highest BCUT2D eigenvalue weighted by Gasteiger charge is 2.46. The molecule has 33 heavy (non-hydrogen) atoms. The van der Waals surface area contributed by atoms with Crippen LogP contribution in [0.2, 0.25) is 0 Å². The smallest absolute Gasteiger partial charge is 0.302 e. The first kappa shape index (κ1) is 23.4. The summed E-state index contributed by atoms with van der Waals surface area (Å²) in [4.78, 5) is 26.2. The minimum atomic E-state index is -3.61. The van der Waals surface area contributed by atoms with Gasteiger partial charge < -0.3 is 14.4 Å². The molecule has 0 aliphatic carbocycles. The molecule has 176 valence electrons. The number of hydrogen-bond donors (Lipinski definition) is 0. The summed E-state index contributed by atoms with van der Waals surface area (Å²) >= 11 is 1.39. The molecule has 2 aromatic carbocycles. The third-order valence-corrected chi connectivity index (χ3v) is 7.95. The Morgan fingerprint density at radius 1 is 1.21 bits per heavy atom. The monoisotopic (exact) mass is 490 g/mol. The number of fused-ring (bicyclic) bond motifs is 3. The molecule has 2 aromatic rings. The summed E-state index contributed by atoms with van der Waals surface area (Å²) in [7, 11) is -1.91. The molecule has 8 nitrogen and oxygen atoms in total. The quantitative estimate of drug-likeness (QED) is 0.551. The van der Waals surface area contributed by atoms with Crippen molar-refractivity contribution in [3.8, 4) is 5.75 Å². The van der Waals surface area contributed by atoms with Crippen molar-refractivity contribution in [3.63, 3.8) is 0 Å². The maximum absolute atomic E-state index is 13.1. The SMILES string of the molecule is CSC1C(=O)N(C)c2c(OCc3ccccc3)cc3c(c21)C(COC(C)=O)CN3S(C)(=O)=O. The van der Waals surface area contributed by atoms with Gasteiger partial charge in [-0.2, -0.15) is 0 Å². The maximum Gasteiger partial charge on any atom is 0.302 e. The van der Waals surface area contributed by atoms with Crippen LogP contribution in [0.15, 0.2) is 36.4 Å². The Labute approximate surface area is 197 Å². The lowest BCUT2D eigenvalue weighted by Crippen LogP contribution is -2.29. The largest absolute Gasteiger partial charge is 0.487 e. The summed E-state index contributed by atoms with van der Waals surface area (Å²) in [5.74, 6) is -0.478. The first-order valence-corrected chi connectivity index (χ1v) is 13.6. The number of benzene rings is 2. The Morgan fingerprint density at radius 2 is 1.91 bits per heavy atom. The average Bonchev–Trinajstić information content (AvgIpc) is 3.26. The molecule has 0 aromatic heterocycles. The van der Waals surface area contributed by atoms with E-state index in [2.05, 4.69) is 0 Å². The number of carbonyl (C=O) groups excluding carboxylic acids is 2. The van der Waals surface area contributed by atoms with Gasteiger partial charge in [0.25, 0.3) is 0 Å². The highest BCUT2D eigenvalue weighted by atomic mass is 32.2. The van der Waals surface area contributed by atoms with Crippen LogP contribution < -0.4 is 13.9 Å². The second-order valence-corrected chi connectivity index (χ2v) is 11.0. The maximum atomic E-state index is 13.1. The number of sulfonamides is 1. The van der Waals surface area contributed by atoms with Crippen LogP contribution in [-0.4, -0.2) is 53.0 Å². The van der Waals surface area contributed by atoms with E-state index in [4.69, 9.17) is 9.47 Å². The number of anilines is 2. The second kappa shape index (κ2) is 8.90. The molecule has 10 heteroatoms. The lowest BCUT2D eigenvalue weighted by Gasteiger charge is -2.21. The van der Waals surface area contributed by atoms with Crippen LogP contribution in [0.3, 0.4) is 0 Å². The number of rotatable bonds is 7. The number of ether oxygens (including phenoxy) is 2. The van der Waals surface area contributed by atoms with Crippen molar-refractivity contribution in [2.45, 2.75) is 24.7 Å². The number of esters is 1. The van der Waals surface area contributed by atoms with Crippen LogP contribution in [0.25, 0.3) is 0 Å². The standard InChI is InChI=1S/C23H26N2O6S2/c1-14(26)30-13-16-11-25(33(4,28)29)17-10-18(31-12-15-8-6-5-7-9-15)21-20(19(16)17)22(32-3)23(27)24(21)2/h5-10,16,22H,11-13H2,1-4H3. The summed E-state index contributed by atoms with van der Waals surface area (Å²) < 4.78 is 38.0. The van der Waals surface area contributed by atoms with E-state index in [0.717, 1.165) is 22.9 Å². The molecule has 2 unspecified atom stereocenters. The fourth-order valence-corrected chi connectivity index (χ4v) is 6.24. The second-order valence-electron chi connectivity index (χ2n) is 8.15. The fourth-order valence-electron chi connectivity index (χ4n) is 4.45. The Hall–Kier alpha value is -2.72. The van der Waals surface area contributed by atoms with Gasteiger partial charge in [0.15, 0.2) is 0 Å². The average molecular weight is 491 g/mol. The lowest BCUT2D eigenvalue weighted by atomic mass is 9.94. The number of carbonyl (C=O) groups is 2. The van der Waals surface area contributed by atoms with E-state index in [0.29, 0.717) is 17.1 Å². The van der Waals surface area contributed by atoms with Gasteiger partial charge in [0.05, 0.1) is 24.2 Å². The number of amides is 1. The van der Waals surface area contributed by atoms with E-state index in [1.54, 1.807) is 18.0 Å². The highest BCUT2D eigenvalue weighted by molar-refractivity contribution is 7.99. The van der Waals surface area contributed by atoms with E-state index in [-0.39, 0.29) is 31.6 Å². The molecule has 2 aliphatic heterocycles. The van der Waals surface area contributed by atoms with Gasteiger partial charge in [-0.3, -0.25) is 13.9 Å². The van der Waals surface area contributed by atoms with Crippen molar-refractivity contribution in [2.24, 2.45) is 0 Å². The van der Waals surface area contributed by atoms with Crippen molar-refractivity contribution >= 4 is 45.0 Å². The number of thioether (sulfide) groups is 1. The summed E-state index contributed by atoms with van der Waals surface area (Å²) in [6.45, 7) is 1.75. The lowest BCUT2D eigenvalue weighted by molar-refractivity contribution is -0.141. The van der Waals surface area contributed by atoms with Crippen LogP contribution in [0.1, 0.15) is 34.8 Å². The topological polar surface area (TPSA) is 93.2 Å². The molecule has 0 bridgehead atoms. The predicted molar refractivity (Wildman–Crippen MR) is 128 cm³/mol. The Balaban J connectivity index is 1.88. The van der Waals surface area contributed by atoms with Gasteiger partial charge in [-0.15, -0.1) is 11.8 Å². The van der Waals surface area contributed by atoms with E-state index in [1.807, 2.05) is 36.6 Å². The first-order valence-electron chi connectivity index (χ1n) is 10.4. The Morgan fingerprint density at radius 3 is 2.52 bits per heavy atom. The number of likely N-dealkylation sites (N-methyl/N-ethyl adjacent to an activating group) is 1. The third-order valence-electron chi connectivity index (χ3n) is 5.90. The van der Waals surface area contributed by atoms with Crippen molar-refractivity contribution in [1.29, 1.82) is 0 Å². The van der Waals surface area contributed by atoms with Gasteiger partial charge in [0.2, 0.25) is 15.9 Å². The predicted octanol–water partition coefficient (Wildman–Crippen LogP) is 3.07. The van der Waals surface area contributed by atoms with Gasteiger partial charge in [0, 0.05) is 38.1 Å². The molecular weight excluding hydrogens is 464 g/mol. The zero-order valence-electron chi connectivity index (χ0n) is 18.9. The molecule has 0 fully saturated rings. The molecule has 0 spiro atoms. The first-order chi connectivity index (χ1) is 15.6. The van der Waals surface area contributed by atoms with Gasteiger partial charge in [-0.05, 0) is 17.4 Å². The van der Waals surface area contributed by atoms with Crippen LogP contribution in [0, 0.1) is 0 Å². The molecule has 0 radical (unpaired) electrons. The van der Waals surface area contributed by atoms with Crippen molar-refractivity contribution in [1.82, 2.24) is 0 Å². The third kappa shape index (κ3) is 4.29. The van der Waals surface area contributed by atoms with Crippen molar-refractivity contribution in [2.75, 3.05) is 41.9 Å². The van der Waals surface area contributed by atoms with Gasteiger partial charge >= 0.3 is 5.97 Å². The normalized spacial score (nSPS) is 19.5. The fraction of sp³-hybridized carbons (Fsp3) is 0.391. The molecule has 2 aliphatic rings. The Bertz CT molecular complexity index is 1200. The van der Waals surface area contributed by atoms with Crippen LogP contribution >= 0.6 is 11.8 Å². The van der Waals surface area contributed by atoms with Crippen LogP contribution in [0.5, 0.6) is 5.75 Å². The molecule has 2 heterocycles. The summed E-state index contributed by atoms with van der Waals surface area (Å²) in [5, 5.41) is -0.502. The summed E-state index contributed by atoms with van der Waals surface area (Å²) in [5.41, 5.74) is 3.52. The van der Waals surface area contributed by atoms with Crippen LogP contribution in [0.4, 0.5) is 11.4 Å². The van der Waals surface area contributed by atoms with E-state index in [1.165, 1.54) is 23.0 Å². The molecule has 1 amide bonds. The Kier molecular flexibility index (Phi) is 6.32. The van der Waals surface area contributed by atoms with Gasteiger partial charge in [-0.25, -0.2) is 8.42 Å². The molecule has 0 N–H and O–H groups in total. The van der Waals surface area contributed by atoms with Crippen molar-refractivity contribution < 1.29 is 27.5 Å². The molecule has 4 rings (SSSR count). The summed E-state index contributed by atoms with van der Waals surface area (Å²) in [6.07, 6.45) is 2.99. The van der Waals surface area contributed by atoms with E-state index >= 15 is 0 Å². The summed E-state index contributed by atoms with van der Waals surface area (Å²) in [6, 6.07) is 11.3. The van der Waals surface area contributed by atoms with Gasteiger partial charge in [-0.1, -0.05) is 30.3 Å². The van der Waals surface area contributed by atoms with Gasteiger partial charge in [0.1, 0.15) is 17.6 Å². The number of nitrogens with zero attached hydrogens (tertiary/aromatic N) is 2. The zero-order valence-corrected chi connectivity index (χ0v) is 20.5. The van der Waals surface area contributed by atoms with E-state index < -0.39 is 21.2 Å². The minimum absolute atomic E-state index is 0.0318. The molecule has 0 saturated carbocycles. The molecular formula is C23H26N2O6S2. The zero-order chi connectivity index (χ0) is 23.9. The van der Waals surface area contributed by atoms with Crippen LogP contribution in [-0.2, 0) is 31.0 Å². The van der Waals surface area contributed by atoms with E-state index in [9.17, 15) is 18.0 Å².